The monoisotopic (exact) mass is 550 g/mol. The zero-order valence-electron chi connectivity index (χ0n) is 20.5. The number of nitrogens with one attached hydrogen (secondary N) is 2. The van der Waals surface area contributed by atoms with E-state index in [4.69, 9.17) is 16.3 Å². The summed E-state index contributed by atoms with van der Waals surface area (Å²) in [6.45, 7) is 3.83. The fourth-order valence-corrected chi connectivity index (χ4v) is 4.24. The summed E-state index contributed by atoms with van der Waals surface area (Å²) < 4.78 is 62.1. The molecule has 2 aromatic heterocycles. The number of amides is 1. The van der Waals surface area contributed by atoms with Gasteiger partial charge in [-0.15, -0.1) is 0 Å². The predicted molar refractivity (Wildman–Crippen MR) is 134 cm³/mol. The van der Waals surface area contributed by atoms with Crippen molar-refractivity contribution in [2.24, 2.45) is 0 Å². The van der Waals surface area contributed by atoms with E-state index in [9.17, 15) is 27.5 Å². The minimum atomic E-state index is -5.23. The molecule has 0 fully saturated rings. The summed E-state index contributed by atoms with van der Waals surface area (Å²) in [5.74, 6) is -0.711. The Morgan fingerprint density at radius 2 is 1.82 bits per heavy atom. The smallest absolute Gasteiger partial charge is 0.424 e. The zero-order chi connectivity index (χ0) is 27.8. The SMILES string of the molecule is CCOc1c(C)cc([C@@](O)(CNC(=O)c2cc(Cl)c3nc(C)[nH]c3c2)C(F)(F)F)nc1-c1ccc(F)cc1. The number of ether oxygens (including phenoxy) is 1. The average molecular weight is 551 g/mol. The van der Waals surface area contributed by atoms with Crippen LogP contribution in [0.3, 0.4) is 0 Å². The topological polar surface area (TPSA) is 100 Å². The summed E-state index contributed by atoms with van der Waals surface area (Å²) in [5, 5.41) is 13.2. The highest BCUT2D eigenvalue weighted by atomic mass is 35.5. The van der Waals surface area contributed by atoms with Gasteiger partial charge in [0.1, 0.15) is 28.6 Å². The van der Waals surface area contributed by atoms with Crippen molar-refractivity contribution < 1.29 is 32.2 Å². The molecule has 7 nitrogen and oxygen atoms in total. The van der Waals surface area contributed by atoms with E-state index in [1.54, 1.807) is 13.8 Å². The molecule has 4 rings (SSSR count). The highest BCUT2D eigenvalue weighted by molar-refractivity contribution is 6.35. The van der Waals surface area contributed by atoms with Crippen molar-refractivity contribution in [3.05, 3.63) is 75.9 Å². The lowest BCUT2D eigenvalue weighted by atomic mass is 9.95. The summed E-state index contributed by atoms with van der Waals surface area (Å²) in [5.41, 5.74) is -2.98. The molecule has 0 saturated heterocycles. The van der Waals surface area contributed by atoms with Gasteiger partial charge in [-0.25, -0.2) is 14.4 Å². The molecule has 2 aromatic carbocycles. The second-order valence-corrected chi connectivity index (χ2v) is 9.07. The van der Waals surface area contributed by atoms with Crippen molar-refractivity contribution in [3.63, 3.8) is 0 Å². The molecule has 4 aromatic rings. The van der Waals surface area contributed by atoms with Gasteiger partial charge in [-0.1, -0.05) is 11.6 Å². The molecule has 0 aliphatic rings. The first kappa shape index (κ1) is 27.3. The molecule has 0 spiro atoms. The Morgan fingerprint density at radius 3 is 2.45 bits per heavy atom. The lowest BCUT2D eigenvalue weighted by Gasteiger charge is -2.31. The van der Waals surface area contributed by atoms with Crippen LogP contribution in [0.2, 0.25) is 5.02 Å². The fraction of sp³-hybridized carbons (Fsp3) is 0.269. The number of aliphatic hydroxyl groups is 1. The number of benzene rings is 2. The van der Waals surface area contributed by atoms with Gasteiger partial charge in [-0.05, 0) is 68.8 Å². The van der Waals surface area contributed by atoms with E-state index >= 15 is 0 Å². The van der Waals surface area contributed by atoms with Crippen LogP contribution in [0, 0.1) is 19.7 Å². The van der Waals surface area contributed by atoms with Crippen molar-refractivity contribution in [3.8, 4) is 17.0 Å². The number of hydrogen-bond acceptors (Lipinski definition) is 5. The van der Waals surface area contributed by atoms with Crippen molar-refractivity contribution in [2.45, 2.75) is 32.5 Å². The van der Waals surface area contributed by atoms with Crippen LogP contribution in [0.1, 0.15) is 34.4 Å². The Hall–Kier alpha value is -3.70. The number of aryl methyl sites for hydroxylation is 2. The normalized spacial score (nSPS) is 13.4. The maximum Gasteiger partial charge on any atom is 0.424 e. The number of halogens is 5. The van der Waals surface area contributed by atoms with Gasteiger partial charge in [0.2, 0.25) is 5.60 Å². The molecule has 3 N–H and O–H groups in total. The van der Waals surface area contributed by atoms with E-state index in [2.05, 4.69) is 20.3 Å². The van der Waals surface area contributed by atoms with Gasteiger partial charge in [0.05, 0.1) is 29.4 Å². The molecule has 0 unspecified atom stereocenters. The van der Waals surface area contributed by atoms with E-state index in [1.165, 1.54) is 31.2 Å². The molecule has 0 aliphatic heterocycles. The number of fused-ring (bicyclic) bond motifs is 1. The van der Waals surface area contributed by atoms with E-state index in [0.29, 0.717) is 16.9 Å². The van der Waals surface area contributed by atoms with Crippen LogP contribution in [0.25, 0.3) is 22.3 Å². The summed E-state index contributed by atoms with van der Waals surface area (Å²) in [6, 6.07) is 8.67. The maximum absolute atomic E-state index is 14.3. The predicted octanol–water partition coefficient (Wildman–Crippen LogP) is 5.61. The quantitative estimate of drug-likeness (QED) is 0.260. The standard InChI is InChI=1S/C26H23ClF4N4O3/c1-4-38-23-13(2)9-20(35-21(23)15-5-7-17(28)8-6-15)25(37,26(29,30)31)12-32-24(36)16-10-18(27)22-19(11-16)33-14(3)34-22/h5-11,37H,4,12H2,1-3H3,(H,32,36)(H,33,34)/t25-/m0/s1. The van der Waals surface area contributed by atoms with Crippen molar-refractivity contribution >= 4 is 28.5 Å². The third-order valence-corrected chi connectivity index (χ3v) is 6.17. The average Bonchev–Trinajstić information content (AvgIpc) is 3.24. The number of alkyl halides is 3. The number of carbonyl (C=O) groups is 1. The Morgan fingerprint density at radius 1 is 1.13 bits per heavy atom. The second-order valence-electron chi connectivity index (χ2n) is 8.66. The summed E-state index contributed by atoms with van der Waals surface area (Å²) in [7, 11) is 0. The van der Waals surface area contributed by atoms with Gasteiger partial charge in [-0.2, -0.15) is 13.2 Å². The van der Waals surface area contributed by atoms with E-state index < -0.39 is 35.7 Å². The van der Waals surface area contributed by atoms with Crippen LogP contribution in [0.5, 0.6) is 5.75 Å². The van der Waals surface area contributed by atoms with Crippen LogP contribution < -0.4 is 10.1 Å². The number of nitrogens with zero attached hydrogens (tertiary/aromatic N) is 2. The summed E-state index contributed by atoms with van der Waals surface area (Å²) in [6.07, 6.45) is -5.23. The molecule has 0 radical (unpaired) electrons. The summed E-state index contributed by atoms with van der Waals surface area (Å²) >= 11 is 6.18. The van der Waals surface area contributed by atoms with Crippen LogP contribution in [0.15, 0.2) is 42.5 Å². The minimum Gasteiger partial charge on any atom is -0.491 e. The first-order valence-electron chi connectivity index (χ1n) is 11.5. The molecule has 0 bridgehead atoms. The molecule has 12 heteroatoms. The highest BCUT2D eigenvalue weighted by Gasteiger charge is 2.56. The molecular formula is C26H23ClF4N4O3. The first-order chi connectivity index (χ1) is 17.8. The number of imidazole rings is 1. The van der Waals surface area contributed by atoms with Crippen LogP contribution in [-0.4, -0.2) is 45.3 Å². The van der Waals surface area contributed by atoms with Gasteiger partial charge in [0.25, 0.3) is 5.91 Å². The number of aromatic amines is 1. The fourth-order valence-electron chi connectivity index (χ4n) is 3.98. The third-order valence-electron chi connectivity index (χ3n) is 5.88. The van der Waals surface area contributed by atoms with Crippen LogP contribution in [0.4, 0.5) is 17.6 Å². The van der Waals surface area contributed by atoms with Crippen molar-refractivity contribution in [1.29, 1.82) is 0 Å². The first-order valence-corrected chi connectivity index (χ1v) is 11.9. The lowest BCUT2D eigenvalue weighted by Crippen LogP contribution is -2.51. The third kappa shape index (κ3) is 5.16. The van der Waals surface area contributed by atoms with E-state index in [0.717, 1.165) is 18.2 Å². The molecule has 2 heterocycles. The van der Waals surface area contributed by atoms with Crippen molar-refractivity contribution in [1.82, 2.24) is 20.3 Å². The van der Waals surface area contributed by atoms with Crippen molar-refractivity contribution in [2.75, 3.05) is 13.2 Å². The van der Waals surface area contributed by atoms with E-state index in [1.807, 2.05) is 0 Å². The van der Waals surface area contributed by atoms with Gasteiger partial charge < -0.3 is 20.1 Å². The highest BCUT2D eigenvalue weighted by Crippen LogP contribution is 2.41. The molecule has 1 amide bonds. The molecule has 0 saturated carbocycles. The van der Waals surface area contributed by atoms with Gasteiger partial charge >= 0.3 is 6.18 Å². The van der Waals surface area contributed by atoms with Crippen LogP contribution >= 0.6 is 11.6 Å². The second kappa shape index (κ2) is 10.2. The minimum absolute atomic E-state index is 0.0114. The van der Waals surface area contributed by atoms with Crippen LogP contribution in [-0.2, 0) is 5.60 Å². The lowest BCUT2D eigenvalue weighted by molar-refractivity contribution is -0.265. The number of pyridine rings is 1. The molecule has 1 atom stereocenters. The Balaban J connectivity index is 1.73. The number of H-pyrrole nitrogens is 1. The summed E-state index contributed by atoms with van der Waals surface area (Å²) in [4.78, 5) is 24.0. The largest absolute Gasteiger partial charge is 0.491 e. The number of carbonyl (C=O) groups excluding carboxylic acids is 1. The molecule has 200 valence electrons. The van der Waals surface area contributed by atoms with Gasteiger partial charge in [0.15, 0.2) is 0 Å². The number of aromatic nitrogens is 3. The number of hydrogen-bond donors (Lipinski definition) is 3. The molecule has 38 heavy (non-hydrogen) atoms. The molecular weight excluding hydrogens is 528 g/mol. The Bertz CT molecular complexity index is 1510. The molecule has 0 aliphatic carbocycles. The maximum atomic E-state index is 14.3. The Kier molecular flexibility index (Phi) is 7.35. The van der Waals surface area contributed by atoms with Gasteiger partial charge in [-0.3, -0.25) is 4.79 Å². The van der Waals surface area contributed by atoms with E-state index in [-0.39, 0.29) is 39.8 Å². The zero-order valence-corrected chi connectivity index (χ0v) is 21.3. The van der Waals surface area contributed by atoms with Gasteiger partial charge in [0, 0.05) is 11.1 Å². The number of rotatable bonds is 7. The Labute approximate surface area is 219 Å².